The summed E-state index contributed by atoms with van der Waals surface area (Å²) in [4.78, 5) is 0. The van der Waals surface area contributed by atoms with Crippen LogP contribution in [-0.4, -0.2) is 21.8 Å². The van der Waals surface area contributed by atoms with Crippen molar-refractivity contribution in [2.75, 3.05) is 0 Å². The number of nitrogens with one attached hydrogen (secondary N) is 1. The third kappa shape index (κ3) is 4.26. The minimum absolute atomic E-state index is 0.0186. The number of hydrogen-bond acceptors (Lipinski definition) is 4. The van der Waals surface area contributed by atoms with Gasteiger partial charge in [-0.2, -0.15) is 0 Å². The van der Waals surface area contributed by atoms with Gasteiger partial charge in [0.2, 0.25) is 0 Å². The molecule has 0 amide bonds. The van der Waals surface area contributed by atoms with Gasteiger partial charge in [0.25, 0.3) is 0 Å². The maximum atomic E-state index is 10.8. The lowest BCUT2D eigenvalue weighted by Gasteiger charge is -2.36. The molecule has 0 spiro atoms. The minimum atomic E-state index is -0.577. The third-order valence-corrected chi connectivity index (χ3v) is 4.84. The van der Waals surface area contributed by atoms with Crippen LogP contribution in [0.25, 0.3) is 0 Å². The topological polar surface area (TPSA) is 61.7 Å². The van der Waals surface area contributed by atoms with E-state index in [1.54, 1.807) is 0 Å². The van der Waals surface area contributed by atoms with Crippen LogP contribution in [0.2, 0.25) is 0 Å². The zero-order valence-corrected chi connectivity index (χ0v) is 15.8. The molecule has 0 saturated heterocycles. The van der Waals surface area contributed by atoms with Crippen LogP contribution in [0.3, 0.4) is 0 Å². The van der Waals surface area contributed by atoms with Crippen LogP contribution >= 0.6 is 0 Å². The SMILES string of the molecule is CC(C)(C)N[C@@H]1CCc2c(ccc(OCc3ccccc3)c2CO)[C@H]1O. The Balaban J connectivity index is 1.81. The van der Waals surface area contributed by atoms with Gasteiger partial charge in [0.1, 0.15) is 12.4 Å². The molecule has 1 aliphatic rings. The Labute approximate surface area is 155 Å². The summed E-state index contributed by atoms with van der Waals surface area (Å²) in [7, 11) is 0. The lowest BCUT2D eigenvalue weighted by molar-refractivity contribution is 0.0992. The molecule has 0 unspecified atom stereocenters. The van der Waals surface area contributed by atoms with Gasteiger partial charge in [-0.05, 0) is 56.4 Å². The average Bonchev–Trinajstić information content (AvgIpc) is 2.61. The molecule has 3 rings (SSSR count). The average molecular weight is 355 g/mol. The van der Waals surface area contributed by atoms with E-state index in [1.165, 1.54) is 0 Å². The number of benzene rings is 2. The molecular weight excluding hydrogens is 326 g/mol. The normalized spacial score (nSPS) is 19.9. The van der Waals surface area contributed by atoms with Crippen LogP contribution in [0.1, 0.15) is 55.5 Å². The van der Waals surface area contributed by atoms with E-state index < -0.39 is 6.10 Å². The first-order chi connectivity index (χ1) is 12.4. The molecule has 0 bridgehead atoms. The Morgan fingerprint density at radius 3 is 2.50 bits per heavy atom. The molecule has 0 fully saturated rings. The predicted molar refractivity (Wildman–Crippen MR) is 103 cm³/mol. The largest absolute Gasteiger partial charge is 0.489 e. The Kier molecular flexibility index (Phi) is 5.66. The Bertz CT molecular complexity index is 737. The van der Waals surface area contributed by atoms with Crippen molar-refractivity contribution in [3.05, 3.63) is 64.7 Å². The van der Waals surface area contributed by atoms with Crippen molar-refractivity contribution in [1.82, 2.24) is 5.32 Å². The van der Waals surface area contributed by atoms with Crippen LogP contribution in [0, 0.1) is 0 Å². The smallest absolute Gasteiger partial charge is 0.125 e. The van der Waals surface area contributed by atoms with Crippen LogP contribution in [0.5, 0.6) is 5.75 Å². The van der Waals surface area contributed by atoms with Crippen molar-refractivity contribution in [1.29, 1.82) is 0 Å². The van der Waals surface area contributed by atoms with Gasteiger partial charge in [-0.15, -0.1) is 0 Å². The van der Waals surface area contributed by atoms with E-state index in [0.29, 0.717) is 12.4 Å². The molecule has 2 aromatic carbocycles. The van der Waals surface area contributed by atoms with E-state index in [9.17, 15) is 10.2 Å². The van der Waals surface area contributed by atoms with E-state index in [2.05, 4.69) is 26.1 Å². The maximum Gasteiger partial charge on any atom is 0.125 e. The van der Waals surface area contributed by atoms with E-state index in [4.69, 9.17) is 4.74 Å². The summed E-state index contributed by atoms with van der Waals surface area (Å²) in [5, 5.41) is 24.3. The first kappa shape index (κ1) is 18.9. The number of rotatable bonds is 5. The summed E-state index contributed by atoms with van der Waals surface area (Å²) >= 11 is 0. The van der Waals surface area contributed by atoms with E-state index >= 15 is 0 Å². The zero-order valence-electron chi connectivity index (χ0n) is 15.8. The highest BCUT2D eigenvalue weighted by molar-refractivity contribution is 5.47. The first-order valence-corrected chi connectivity index (χ1v) is 9.27. The second kappa shape index (κ2) is 7.78. The van der Waals surface area contributed by atoms with Crippen LogP contribution in [-0.2, 0) is 19.6 Å². The van der Waals surface area contributed by atoms with Crippen LogP contribution in [0.15, 0.2) is 42.5 Å². The molecule has 2 aromatic rings. The van der Waals surface area contributed by atoms with Gasteiger partial charge in [0.15, 0.2) is 0 Å². The molecule has 0 saturated carbocycles. The van der Waals surface area contributed by atoms with Gasteiger partial charge >= 0.3 is 0 Å². The van der Waals surface area contributed by atoms with Gasteiger partial charge in [-0.25, -0.2) is 0 Å². The molecular formula is C22H29NO3. The summed E-state index contributed by atoms with van der Waals surface area (Å²) in [5.41, 5.74) is 3.75. The summed E-state index contributed by atoms with van der Waals surface area (Å²) in [6.07, 6.45) is 1.07. The van der Waals surface area contributed by atoms with Gasteiger partial charge < -0.3 is 20.3 Å². The fourth-order valence-corrected chi connectivity index (χ4v) is 3.69. The highest BCUT2D eigenvalue weighted by Crippen LogP contribution is 2.37. The van der Waals surface area contributed by atoms with E-state index in [0.717, 1.165) is 35.1 Å². The van der Waals surface area contributed by atoms with E-state index in [-0.39, 0.29) is 18.2 Å². The molecule has 0 heterocycles. The molecule has 0 aliphatic heterocycles. The number of aliphatic hydroxyl groups excluding tert-OH is 2. The second-order valence-electron chi connectivity index (χ2n) is 8.03. The maximum absolute atomic E-state index is 10.8. The molecule has 1 aliphatic carbocycles. The Morgan fingerprint density at radius 1 is 1.12 bits per heavy atom. The molecule has 0 aromatic heterocycles. The monoisotopic (exact) mass is 355 g/mol. The van der Waals surface area contributed by atoms with Gasteiger partial charge in [0.05, 0.1) is 12.7 Å². The highest BCUT2D eigenvalue weighted by atomic mass is 16.5. The number of aliphatic hydroxyl groups is 2. The van der Waals surface area contributed by atoms with E-state index in [1.807, 2.05) is 42.5 Å². The van der Waals surface area contributed by atoms with Gasteiger partial charge in [0, 0.05) is 17.1 Å². The van der Waals surface area contributed by atoms with Crippen molar-refractivity contribution in [2.24, 2.45) is 0 Å². The minimum Gasteiger partial charge on any atom is -0.489 e. The first-order valence-electron chi connectivity index (χ1n) is 9.27. The van der Waals surface area contributed by atoms with Crippen molar-refractivity contribution in [3.8, 4) is 5.75 Å². The summed E-state index contributed by atoms with van der Waals surface area (Å²) in [6.45, 7) is 6.69. The Morgan fingerprint density at radius 2 is 1.85 bits per heavy atom. The lowest BCUT2D eigenvalue weighted by atomic mass is 9.82. The highest BCUT2D eigenvalue weighted by Gasteiger charge is 2.32. The molecule has 2 atom stereocenters. The molecule has 26 heavy (non-hydrogen) atoms. The fraction of sp³-hybridized carbons (Fsp3) is 0.455. The molecule has 4 nitrogen and oxygen atoms in total. The number of hydrogen-bond donors (Lipinski definition) is 3. The fourth-order valence-electron chi connectivity index (χ4n) is 3.69. The van der Waals surface area contributed by atoms with Gasteiger partial charge in [-0.1, -0.05) is 36.4 Å². The van der Waals surface area contributed by atoms with Crippen molar-refractivity contribution >= 4 is 0 Å². The summed E-state index contributed by atoms with van der Waals surface area (Å²) in [6, 6.07) is 13.8. The summed E-state index contributed by atoms with van der Waals surface area (Å²) in [5.74, 6) is 0.699. The molecule has 3 N–H and O–H groups in total. The van der Waals surface area contributed by atoms with Crippen molar-refractivity contribution in [2.45, 2.75) is 64.5 Å². The molecule has 4 heteroatoms. The van der Waals surface area contributed by atoms with Crippen molar-refractivity contribution in [3.63, 3.8) is 0 Å². The second-order valence-corrected chi connectivity index (χ2v) is 8.03. The van der Waals surface area contributed by atoms with Crippen LogP contribution in [0.4, 0.5) is 0 Å². The quantitative estimate of drug-likeness (QED) is 0.768. The Hall–Kier alpha value is -1.88. The lowest BCUT2D eigenvalue weighted by Crippen LogP contribution is -2.48. The predicted octanol–water partition coefficient (Wildman–Crippen LogP) is 3.49. The van der Waals surface area contributed by atoms with Crippen molar-refractivity contribution < 1.29 is 14.9 Å². The number of ether oxygens (including phenoxy) is 1. The third-order valence-electron chi connectivity index (χ3n) is 4.84. The van der Waals surface area contributed by atoms with Crippen LogP contribution < -0.4 is 10.1 Å². The zero-order chi connectivity index (χ0) is 18.7. The standard InChI is InChI=1S/C22H29NO3/c1-22(2,3)23-19-11-9-16-17(21(19)25)10-12-20(18(16)13-24)26-14-15-7-5-4-6-8-15/h4-8,10,12,19,21,23-25H,9,11,13-14H2,1-3H3/t19-,21-/m1/s1. The van der Waals surface area contributed by atoms with Gasteiger partial charge in [-0.3, -0.25) is 0 Å². The molecule has 140 valence electrons. The molecule has 0 radical (unpaired) electrons. The summed E-state index contributed by atoms with van der Waals surface area (Å²) < 4.78 is 5.97. The number of fused-ring (bicyclic) bond motifs is 1.